The van der Waals surface area contributed by atoms with Crippen LogP contribution in [0, 0.1) is 0 Å². The van der Waals surface area contributed by atoms with Crippen LogP contribution in [-0.4, -0.2) is 70.7 Å². The van der Waals surface area contributed by atoms with Crippen molar-refractivity contribution in [2.75, 3.05) is 62.2 Å². The molecule has 144 valence electrons. The number of pyridine rings is 2. The van der Waals surface area contributed by atoms with Gasteiger partial charge >= 0.3 is 0 Å². The average Bonchev–Trinajstić information content (AvgIpc) is 2.75. The molecule has 0 aliphatic carbocycles. The van der Waals surface area contributed by atoms with Gasteiger partial charge in [-0.25, -0.2) is 18.4 Å². The molecule has 2 aromatic heterocycles. The zero-order chi connectivity index (χ0) is 18.7. The van der Waals surface area contributed by atoms with Crippen molar-refractivity contribution in [2.24, 2.45) is 0 Å². The molecule has 9 heteroatoms. The predicted molar refractivity (Wildman–Crippen MR) is 104 cm³/mol. The minimum absolute atomic E-state index is 0.0313. The highest BCUT2D eigenvalue weighted by Gasteiger charge is 2.22. The summed E-state index contributed by atoms with van der Waals surface area (Å²) in [4.78, 5) is 12.8. The highest BCUT2D eigenvalue weighted by atomic mass is 32.2. The highest BCUT2D eigenvalue weighted by Crippen LogP contribution is 2.22. The minimum atomic E-state index is -3.72. The molecule has 2 saturated heterocycles. The first kappa shape index (κ1) is 18.1. The predicted octanol–water partition coefficient (Wildman–Crippen LogP) is 0.129. The van der Waals surface area contributed by atoms with Gasteiger partial charge in [0.15, 0.2) is 10.1 Å². The Morgan fingerprint density at radius 3 is 1.44 bits per heavy atom. The van der Waals surface area contributed by atoms with Gasteiger partial charge in [0.05, 0.1) is 23.8 Å². The number of sulfone groups is 1. The van der Waals surface area contributed by atoms with Gasteiger partial charge in [0.2, 0.25) is 9.84 Å². The maximum atomic E-state index is 12.8. The molecule has 2 fully saturated rings. The summed E-state index contributed by atoms with van der Waals surface area (Å²) in [7, 11) is -3.72. The van der Waals surface area contributed by atoms with E-state index in [1.54, 1.807) is 24.5 Å². The van der Waals surface area contributed by atoms with Gasteiger partial charge in [0.25, 0.3) is 0 Å². The van der Waals surface area contributed by atoms with E-state index < -0.39 is 9.84 Å². The fourth-order valence-electron chi connectivity index (χ4n) is 3.39. The molecule has 4 rings (SSSR count). The second-order valence-corrected chi connectivity index (χ2v) is 8.53. The van der Waals surface area contributed by atoms with E-state index in [-0.39, 0.29) is 10.1 Å². The first-order valence-corrected chi connectivity index (χ1v) is 10.7. The zero-order valence-electron chi connectivity index (χ0n) is 15.1. The van der Waals surface area contributed by atoms with E-state index >= 15 is 0 Å². The molecule has 8 nitrogen and oxygen atoms in total. The zero-order valence-corrected chi connectivity index (χ0v) is 16.0. The Morgan fingerprint density at radius 2 is 1.11 bits per heavy atom. The highest BCUT2D eigenvalue weighted by molar-refractivity contribution is 7.91. The molecule has 0 atom stereocenters. The number of nitrogens with one attached hydrogen (secondary N) is 2. The summed E-state index contributed by atoms with van der Waals surface area (Å²) in [5, 5.41) is 6.66. The summed E-state index contributed by atoms with van der Waals surface area (Å²) >= 11 is 0. The first-order chi connectivity index (χ1) is 13.1. The quantitative estimate of drug-likeness (QED) is 0.764. The van der Waals surface area contributed by atoms with E-state index in [1.165, 1.54) is 0 Å². The van der Waals surface area contributed by atoms with Crippen LogP contribution in [0.2, 0.25) is 0 Å². The second kappa shape index (κ2) is 7.79. The summed E-state index contributed by atoms with van der Waals surface area (Å²) in [6, 6.07) is 6.78. The van der Waals surface area contributed by atoms with Crippen molar-refractivity contribution in [3.8, 4) is 0 Å². The summed E-state index contributed by atoms with van der Waals surface area (Å²) in [6.07, 6.45) is 3.26. The SMILES string of the molecule is O=S(=O)(c1ccc(N2CCNCC2)cn1)c1ccc(N2CCNCC2)cn1. The summed E-state index contributed by atoms with van der Waals surface area (Å²) in [5.41, 5.74) is 1.88. The Labute approximate surface area is 159 Å². The first-order valence-electron chi connectivity index (χ1n) is 9.23. The molecule has 0 bridgehead atoms. The number of anilines is 2. The summed E-state index contributed by atoms with van der Waals surface area (Å²) in [5.74, 6) is 0. The minimum Gasteiger partial charge on any atom is -0.368 e. The molecule has 4 heterocycles. The lowest BCUT2D eigenvalue weighted by atomic mass is 10.3. The van der Waals surface area contributed by atoms with Crippen LogP contribution in [0.25, 0.3) is 0 Å². The van der Waals surface area contributed by atoms with Crippen LogP contribution < -0.4 is 20.4 Å². The Balaban J connectivity index is 1.52. The lowest BCUT2D eigenvalue weighted by molar-refractivity contribution is 0.583. The van der Waals surface area contributed by atoms with E-state index in [1.807, 2.05) is 12.1 Å². The van der Waals surface area contributed by atoms with Gasteiger partial charge in [-0.15, -0.1) is 0 Å². The van der Waals surface area contributed by atoms with E-state index in [0.29, 0.717) is 0 Å². The van der Waals surface area contributed by atoms with Crippen LogP contribution in [0.4, 0.5) is 11.4 Å². The lowest BCUT2D eigenvalue weighted by Gasteiger charge is -2.29. The lowest BCUT2D eigenvalue weighted by Crippen LogP contribution is -2.43. The molecule has 2 aromatic rings. The molecule has 2 N–H and O–H groups in total. The van der Waals surface area contributed by atoms with Crippen molar-refractivity contribution >= 4 is 21.2 Å². The Morgan fingerprint density at radius 1 is 0.704 bits per heavy atom. The van der Waals surface area contributed by atoms with Gasteiger partial charge in [-0.3, -0.25) is 0 Å². The normalized spacial score (nSPS) is 18.5. The van der Waals surface area contributed by atoms with Crippen LogP contribution in [-0.2, 0) is 9.84 Å². The third-order valence-electron chi connectivity index (χ3n) is 4.96. The van der Waals surface area contributed by atoms with Crippen molar-refractivity contribution in [3.05, 3.63) is 36.7 Å². The Kier molecular flexibility index (Phi) is 5.24. The standard InChI is InChI=1S/C18H24N6O2S/c25-27(26,17-3-1-15(13-21-17)23-9-5-19-6-10-23)18-4-2-16(14-22-18)24-11-7-20-8-12-24/h1-4,13-14,19-20H,5-12H2. The number of hydrogen-bond acceptors (Lipinski definition) is 8. The van der Waals surface area contributed by atoms with Crippen molar-refractivity contribution in [1.82, 2.24) is 20.6 Å². The van der Waals surface area contributed by atoms with Crippen LogP contribution in [0.1, 0.15) is 0 Å². The monoisotopic (exact) mass is 388 g/mol. The molecule has 0 radical (unpaired) electrons. The molecule has 0 saturated carbocycles. The smallest absolute Gasteiger partial charge is 0.241 e. The summed E-state index contributed by atoms with van der Waals surface area (Å²) in [6.45, 7) is 7.25. The molecule has 0 spiro atoms. The number of aromatic nitrogens is 2. The van der Waals surface area contributed by atoms with Gasteiger partial charge in [-0.1, -0.05) is 0 Å². The van der Waals surface area contributed by atoms with Crippen LogP contribution in [0.15, 0.2) is 46.7 Å². The van der Waals surface area contributed by atoms with Gasteiger partial charge in [0, 0.05) is 52.4 Å². The van der Waals surface area contributed by atoms with Crippen molar-refractivity contribution in [1.29, 1.82) is 0 Å². The topological polar surface area (TPSA) is 90.5 Å². The maximum absolute atomic E-state index is 12.8. The van der Waals surface area contributed by atoms with Crippen LogP contribution >= 0.6 is 0 Å². The van der Waals surface area contributed by atoms with Crippen LogP contribution in [0.3, 0.4) is 0 Å². The number of rotatable bonds is 4. The van der Waals surface area contributed by atoms with Crippen LogP contribution in [0.5, 0.6) is 0 Å². The number of piperazine rings is 2. The largest absolute Gasteiger partial charge is 0.368 e. The van der Waals surface area contributed by atoms with Crippen molar-refractivity contribution in [2.45, 2.75) is 10.1 Å². The average molecular weight is 388 g/mol. The molecular weight excluding hydrogens is 364 g/mol. The van der Waals surface area contributed by atoms with E-state index in [4.69, 9.17) is 0 Å². The molecule has 2 aliphatic rings. The van der Waals surface area contributed by atoms with Gasteiger partial charge < -0.3 is 20.4 Å². The Hall–Kier alpha value is -2.23. The molecule has 0 unspecified atom stereocenters. The molecule has 0 aromatic carbocycles. The van der Waals surface area contributed by atoms with Crippen molar-refractivity contribution in [3.63, 3.8) is 0 Å². The van der Waals surface area contributed by atoms with Gasteiger partial charge in [-0.05, 0) is 24.3 Å². The Bertz CT molecular complexity index is 790. The molecule has 2 aliphatic heterocycles. The fourth-order valence-corrected chi connectivity index (χ4v) is 4.48. The molecular formula is C18H24N6O2S. The van der Waals surface area contributed by atoms with Gasteiger partial charge in [-0.2, -0.15) is 0 Å². The fraction of sp³-hybridized carbons (Fsp3) is 0.444. The van der Waals surface area contributed by atoms with E-state index in [0.717, 1.165) is 63.7 Å². The van der Waals surface area contributed by atoms with E-state index in [2.05, 4.69) is 30.4 Å². The maximum Gasteiger partial charge on any atom is 0.241 e. The van der Waals surface area contributed by atoms with Crippen molar-refractivity contribution < 1.29 is 8.42 Å². The second-order valence-electron chi connectivity index (χ2n) is 6.69. The number of nitrogens with zero attached hydrogens (tertiary/aromatic N) is 4. The molecule has 0 amide bonds. The molecule has 27 heavy (non-hydrogen) atoms. The van der Waals surface area contributed by atoms with Gasteiger partial charge in [0.1, 0.15) is 0 Å². The number of hydrogen-bond donors (Lipinski definition) is 2. The van der Waals surface area contributed by atoms with E-state index in [9.17, 15) is 8.42 Å². The third-order valence-corrected chi connectivity index (χ3v) is 6.54. The summed E-state index contributed by atoms with van der Waals surface area (Å²) < 4.78 is 25.7. The third kappa shape index (κ3) is 3.90.